The fourth-order valence-electron chi connectivity index (χ4n) is 1.74. The van der Waals surface area contributed by atoms with Crippen molar-refractivity contribution >= 4 is 16.6 Å². The first-order valence-corrected chi connectivity index (χ1v) is 7.51. The van der Waals surface area contributed by atoms with E-state index in [-0.39, 0.29) is 11.5 Å². The van der Waals surface area contributed by atoms with Crippen molar-refractivity contribution in [2.75, 3.05) is 12.9 Å². The Balaban J connectivity index is 2.07. The summed E-state index contributed by atoms with van der Waals surface area (Å²) in [7, 11) is 0.154. The molecule has 21 heavy (non-hydrogen) atoms. The van der Waals surface area contributed by atoms with E-state index in [0.717, 1.165) is 0 Å². The highest BCUT2D eigenvalue weighted by Crippen LogP contribution is 2.15. The number of hydrogen-bond acceptors (Lipinski definition) is 4. The molecule has 5 heteroatoms. The van der Waals surface area contributed by atoms with E-state index in [1.54, 1.807) is 55.6 Å². The van der Waals surface area contributed by atoms with Gasteiger partial charge in [-0.15, -0.1) is 0 Å². The Kier molecular flexibility index (Phi) is 4.85. The number of ether oxygens (including phenoxy) is 1. The normalized spacial score (nSPS) is 11.4. The third-order valence-corrected chi connectivity index (χ3v) is 4.24. The van der Waals surface area contributed by atoms with Gasteiger partial charge in [-0.25, -0.2) is 0 Å². The van der Waals surface area contributed by atoms with Gasteiger partial charge in [0.15, 0.2) is 5.78 Å². The monoisotopic (exact) mass is 299 g/mol. The zero-order chi connectivity index (χ0) is 15.2. The van der Waals surface area contributed by atoms with Crippen LogP contribution in [0, 0.1) is 11.3 Å². The van der Waals surface area contributed by atoms with Crippen molar-refractivity contribution in [3.8, 4) is 11.8 Å². The molecule has 0 radical (unpaired) electrons. The van der Waals surface area contributed by atoms with Crippen LogP contribution in [0.1, 0.15) is 15.9 Å². The Hall–Kier alpha value is -2.45. The third kappa shape index (κ3) is 3.77. The molecule has 2 aromatic carbocycles. The summed E-state index contributed by atoms with van der Waals surface area (Å²) in [6.07, 6.45) is 0. The van der Waals surface area contributed by atoms with Crippen LogP contribution in [0.3, 0.4) is 0 Å². The number of benzene rings is 2. The van der Waals surface area contributed by atoms with E-state index in [1.165, 1.54) is 0 Å². The third-order valence-electron chi connectivity index (χ3n) is 2.92. The van der Waals surface area contributed by atoms with Crippen LogP contribution < -0.4 is 4.74 Å². The van der Waals surface area contributed by atoms with Crippen LogP contribution in [0.25, 0.3) is 0 Å². The van der Waals surface area contributed by atoms with Gasteiger partial charge >= 0.3 is 0 Å². The molecular formula is C16H13NO3S. The molecule has 0 aliphatic heterocycles. The van der Waals surface area contributed by atoms with Gasteiger partial charge in [0.1, 0.15) is 5.75 Å². The van der Waals surface area contributed by atoms with Crippen molar-refractivity contribution in [3.05, 3.63) is 59.7 Å². The summed E-state index contributed by atoms with van der Waals surface area (Å²) >= 11 is 0. The number of Topliss-reactive ketones (excluding diaryl/α,β-unsaturated/α-hetero) is 1. The van der Waals surface area contributed by atoms with E-state index < -0.39 is 10.8 Å². The predicted molar refractivity (Wildman–Crippen MR) is 79.8 cm³/mol. The van der Waals surface area contributed by atoms with E-state index in [2.05, 4.69) is 0 Å². The van der Waals surface area contributed by atoms with Crippen molar-refractivity contribution < 1.29 is 13.7 Å². The minimum Gasteiger partial charge on any atom is -0.497 e. The first-order chi connectivity index (χ1) is 10.1. The molecule has 0 spiro atoms. The Morgan fingerprint density at radius 1 is 1.14 bits per heavy atom. The van der Waals surface area contributed by atoms with E-state index >= 15 is 0 Å². The lowest BCUT2D eigenvalue weighted by molar-refractivity contribution is 0.102. The Morgan fingerprint density at radius 3 is 2.29 bits per heavy atom. The van der Waals surface area contributed by atoms with Crippen LogP contribution >= 0.6 is 0 Å². The molecule has 0 fully saturated rings. The molecular weight excluding hydrogens is 286 g/mol. The molecule has 0 aromatic heterocycles. The number of ketones is 1. The zero-order valence-corrected chi connectivity index (χ0v) is 12.2. The zero-order valence-electron chi connectivity index (χ0n) is 11.4. The van der Waals surface area contributed by atoms with Gasteiger partial charge in [0.05, 0.1) is 35.3 Å². The van der Waals surface area contributed by atoms with Crippen LogP contribution in [0.4, 0.5) is 0 Å². The summed E-state index contributed by atoms with van der Waals surface area (Å²) in [5.41, 5.74) is 0.943. The van der Waals surface area contributed by atoms with Gasteiger partial charge in [-0.2, -0.15) is 5.26 Å². The molecule has 2 rings (SSSR count). The number of nitrogens with zero attached hydrogens (tertiary/aromatic N) is 1. The predicted octanol–water partition coefficient (Wildman–Crippen LogP) is 2.56. The highest BCUT2D eigenvalue weighted by atomic mass is 32.2. The molecule has 0 saturated heterocycles. The maximum absolute atomic E-state index is 12.1. The average molecular weight is 299 g/mol. The van der Waals surface area contributed by atoms with Crippen molar-refractivity contribution in [2.45, 2.75) is 4.90 Å². The highest BCUT2D eigenvalue weighted by Gasteiger charge is 2.12. The molecule has 4 nitrogen and oxygen atoms in total. The van der Waals surface area contributed by atoms with Gasteiger partial charge in [0.25, 0.3) is 0 Å². The summed E-state index contributed by atoms with van der Waals surface area (Å²) in [5.74, 6) is 0.376. The summed E-state index contributed by atoms with van der Waals surface area (Å²) in [6.45, 7) is 0. The van der Waals surface area contributed by atoms with Crippen molar-refractivity contribution in [1.29, 1.82) is 5.26 Å². The maximum Gasteiger partial charge on any atom is 0.175 e. The molecule has 106 valence electrons. The van der Waals surface area contributed by atoms with Gasteiger partial charge in [0, 0.05) is 10.5 Å². The van der Waals surface area contributed by atoms with Crippen molar-refractivity contribution in [3.63, 3.8) is 0 Å². The molecule has 0 bridgehead atoms. The van der Waals surface area contributed by atoms with E-state index in [0.29, 0.717) is 21.8 Å². The molecule has 0 aliphatic rings. The first-order valence-electron chi connectivity index (χ1n) is 6.20. The van der Waals surface area contributed by atoms with Gasteiger partial charge in [-0.05, 0) is 36.4 Å². The number of nitriles is 1. The van der Waals surface area contributed by atoms with Gasteiger partial charge < -0.3 is 4.74 Å². The Labute approximate surface area is 125 Å². The number of methoxy groups -OCH3 is 1. The lowest BCUT2D eigenvalue weighted by atomic mass is 10.1. The topological polar surface area (TPSA) is 67.2 Å². The van der Waals surface area contributed by atoms with E-state index in [1.807, 2.05) is 6.07 Å². The van der Waals surface area contributed by atoms with Crippen LogP contribution in [0.2, 0.25) is 0 Å². The van der Waals surface area contributed by atoms with Crippen LogP contribution in [0.5, 0.6) is 5.75 Å². The number of rotatable bonds is 5. The number of carbonyl (C=O) groups excluding carboxylic acids is 1. The molecule has 1 unspecified atom stereocenters. The van der Waals surface area contributed by atoms with E-state index in [4.69, 9.17) is 10.00 Å². The maximum atomic E-state index is 12.1. The van der Waals surface area contributed by atoms with Crippen molar-refractivity contribution in [1.82, 2.24) is 0 Å². The highest BCUT2D eigenvalue weighted by molar-refractivity contribution is 7.85. The standard InChI is InChI=1S/C16H13NO3S/c1-20-14-6-8-15(9-7-14)21(19)11-16(18)13-4-2-12(10-17)3-5-13/h2-9H,11H2,1H3. The number of hydrogen-bond donors (Lipinski definition) is 0. The smallest absolute Gasteiger partial charge is 0.175 e. The minimum absolute atomic E-state index is 0.0851. The summed E-state index contributed by atoms with van der Waals surface area (Å²) in [4.78, 5) is 12.6. The molecule has 0 aliphatic carbocycles. The second-order valence-corrected chi connectivity index (χ2v) is 5.73. The van der Waals surface area contributed by atoms with Crippen LogP contribution in [0.15, 0.2) is 53.4 Å². The van der Waals surface area contributed by atoms with Gasteiger partial charge in [-0.1, -0.05) is 12.1 Å². The average Bonchev–Trinajstić information content (AvgIpc) is 2.55. The molecule has 0 N–H and O–H groups in total. The number of carbonyl (C=O) groups is 1. The molecule has 1 atom stereocenters. The SMILES string of the molecule is COc1ccc(S(=O)CC(=O)c2ccc(C#N)cc2)cc1. The quantitative estimate of drug-likeness (QED) is 0.796. The van der Waals surface area contributed by atoms with Gasteiger partial charge in [-0.3, -0.25) is 9.00 Å². The summed E-state index contributed by atoms with van der Waals surface area (Å²) in [5, 5.41) is 8.71. The molecule has 0 heterocycles. The van der Waals surface area contributed by atoms with Crippen LogP contribution in [-0.4, -0.2) is 22.9 Å². The fourth-order valence-corrected chi connectivity index (χ4v) is 2.76. The lowest BCUT2D eigenvalue weighted by Gasteiger charge is -2.04. The lowest BCUT2D eigenvalue weighted by Crippen LogP contribution is -2.11. The molecule has 0 amide bonds. The summed E-state index contributed by atoms with van der Waals surface area (Å²) < 4.78 is 17.2. The second-order valence-electron chi connectivity index (χ2n) is 4.28. The largest absolute Gasteiger partial charge is 0.497 e. The second kappa shape index (κ2) is 6.82. The fraction of sp³-hybridized carbons (Fsp3) is 0.125. The molecule has 2 aromatic rings. The Morgan fingerprint density at radius 2 is 1.76 bits per heavy atom. The minimum atomic E-state index is -1.40. The Bertz CT molecular complexity index is 700. The van der Waals surface area contributed by atoms with Crippen LogP contribution in [-0.2, 0) is 10.8 Å². The van der Waals surface area contributed by atoms with Crippen molar-refractivity contribution in [2.24, 2.45) is 0 Å². The molecule has 0 saturated carbocycles. The summed E-state index contributed by atoms with van der Waals surface area (Å²) in [6, 6.07) is 15.1. The van der Waals surface area contributed by atoms with E-state index in [9.17, 15) is 9.00 Å². The van der Waals surface area contributed by atoms with Gasteiger partial charge in [0.2, 0.25) is 0 Å². The first kappa shape index (κ1) is 14.9.